The Kier molecular flexibility index (Phi) is 4.37. The number of amides is 1. The van der Waals surface area contributed by atoms with Crippen LogP contribution in [0.4, 0.5) is 0 Å². The number of aryl methyl sites for hydroxylation is 1. The number of rotatable bonds is 4. The number of carbonyl (C=O) groups is 1. The van der Waals surface area contributed by atoms with Gasteiger partial charge in [0.2, 0.25) is 0 Å². The van der Waals surface area contributed by atoms with E-state index < -0.39 is 0 Å². The predicted molar refractivity (Wildman–Crippen MR) is 73.8 cm³/mol. The van der Waals surface area contributed by atoms with Gasteiger partial charge in [0, 0.05) is 18.2 Å². The molecule has 0 bridgehead atoms. The largest absolute Gasteiger partial charge is 0.352 e. The van der Waals surface area contributed by atoms with Crippen molar-refractivity contribution < 1.29 is 4.79 Å². The predicted octanol–water partition coefficient (Wildman–Crippen LogP) is 2.21. The Morgan fingerprint density at radius 2 is 2.11 bits per heavy atom. The molecule has 3 nitrogen and oxygen atoms in total. The molecule has 1 saturated heterocycles. The van der Waals surface area contributed by atoms with Gasteiger partial charge in [-0.1, -0.05) is 17.7 Å². The van der Waals surface area contributed by atoms with Crippen LogP contribution in [0.3, 0.4) is 0 Å². The van der Waals surface area contributed by atoms with Crippen LogP contribution in [0.15, 0.2) is 24.3 Å². The van der Waals surface area contributed by atoms with Crippen LogP contribution in [-0.2, 0) is 0 Å². The maximum Gasteiger partial charge on any atom is 0.251 e. The van der Waals surface area contributed by atoms with Gasteiger partial charge in [0.15, 0.2) is 0 Å². The molecule has 3 heteroatoms. The van der Waals surface area contributed by atoms with Gasteiger partial charge in [-0.15, -0.1) is 0 Å². The summed E-state index contributed by atoms with van der Waals surface area (Å²) in [5, 5.41) is 3.00. The van der Waals surface area contributed by atoms with Crippen molar-refractivity contribution in [2.45, 2.75) is 32.2 Å². The Balaban J connectivity index is 1.76. The van der Waals surface area contributed by atoms with E-state index in [1.165, 1.54) is 24.9 Å². The fourth-order valence-corrected chi connectivity index (χ4v) is 2.50. The Hall–Kier alpha value is -1.35. The second-order valence-corrected chi connectivity index (χ2v) is 5.19. The monoisotopic (exact) mass is 246 g/mol. The zero-order chi connectivity index (χ0) is 13.0. The summed E-state index contributed by atoms with van der Waals surface area (Å²) >= 11 is 0. The Morgan fingerprint density at radius 3 is 2.72 bits per heavy atom. The molecule has 0 aromatic heterocycles. The van der Waals surface area contributed by atoms with Gasteiger partial charge in [0.05, 0.1) is 0 Å². The number of hydrogen-bond acceptors (Lipinski definition) is 2. The molecule has 0 aliphatic carbocycles. The van der Waals surface area contributed by atoms with E-state index in [1.54, 1.807) is 0 Å². The zero-order valence-electron chi connectivity index (χ0n) is 11.3. The second-order valence-electron chi connectivity index (χ2n) is 5.19. The fourth-order valence-electron chi connectivity index (χ4n) is 2.50. The molecule has 1 aliphatic heterocycles. The van der Waals surface area contributed by atoms with Crippen LogP contribution < -0.4 is 5.32 Å². The van der Waals surface area contributed by atoms with Crippen molar-refractivity contribution in [1.82, 2.24) is 10.2 Å². The highest BCUT2D eigenvalue weighted by Crippen LogP contribution is 2.17. The lowest BCUT2D eigenvalue weighted by Crippen LogP contribution is -2.31. The minimum absolute atomic E-state index is 0.0376. The topological polar surface area (TPSA) is 32.3 Å². The summed E-state index contributed by atoms with van der Waals surface area (Å²) in [6.07, 6.45) is 3.60. The van der Waals surface area contributed by atoms with Crippen LogP contribution in [0.5, 0.6) is 0 Å². The van der Waals surface area contributed by atoms with Gasteiger partial charge in [-0.05, 0) is 51.9 Å². The first-order valence-electron chi connectivity index (χ1n) is 6.72. The maximum atomic E-state index is 11.9. The highest BCUT2D eigenvalue weighted by atomic mass is 16.1. The van der Waals surface area contributed by atoms with E-state index in [1.807, 2.05) is 31.2 Å². The Labute approximate surface area is 109 Å². The van der Waals surface area contributed by atoms with Crippen molar-refractivity contribution in [3.05, 3.63) is 35.4 Å². The van der Waals surface area contributed by atoms with E-state index in [2.05, 4.69) is 17.3 Å². The summed E-state index contributed by atoms with van der Waals surface area (Å²) in [5.41, 5.74) is 1.93. The van der Waals surface area contributed by atoms with Crippen LogP contribution in [0.25, 0.3) is 0 Å². The van der Waals surface area contributed by atoms with Crippen LogP contribution in [-0.4, -0.2) is 37.0 Å². The van der Waals surface area contributed by atoms with E-state index in [0.717, 1.165) is 18.5 Å². The normalized spacial score (nSPS) is 20.0. The third kappa shape index (κ3) is 3.33. The van der Waals surface area contributed by atoms with Crippen molar-refractivity contribution in [3.63, 3.8) is 0 Å². The molecule has 1 atom stereocenters. The first-order valence-corrected chi connectivity index (χ1v) is 6.72. The molecular formula is C15H22N2O. The highest BCUT2D eigenvalue weighted by Gasteiger charge is 2.20. The van der Waals surface area contributed by atoms with E-state index in [0.29, 0.717) is 6.04 Å². The summed E-state index contributed by atoms with van der Waals surface area (Å²) in [5.74, 6) is 0.0376. The highest BCUT2D eigenvalue weighted by molar-refractivity contribution is 5.94. The third-order valence-corrected chi connectivity index (χ3v) is 3.75. The summed E-state index contributed by atoms with van der Waals surface area (Å²) in [6.45, 7) is 3.98. The van der Waals surface area contributed by atoms with Crippen molar-refractivity contribution in [3.8, 4) is 0 Å². The van der Waals surface area contributed by atoms with E-state index in [-0.39, 0.29) is 5.91 Å². The molecule has 18 heavy (non-hydrogen) atoms. The molecular weight excluding hydrogens is 224 g/mol. The van der Waals surface area contributed by atoms with E-state index in [4.69, 9.17) is 0 Å². The molecule has 1 fully saturated rings. The van der Waals surface area contributed by atoms with Gasteiger partial charge in [0.1, 0.15) is 0 Å². The number of likely N-dealkylation sites (tertiary alicyclic amines) is 1. The van der Waals surface area contributed by atoms with Gasteiger partial charge in [-0.25, -0.2) is 0 Å². The number of hydrogen-bond donors (Lipinski definition) is 1. The molecule has 1 amide bonds. The average molecular weight is 246 g/mol. The quantitative estimate of drug-likeness (QED) is 0.883. The smallest absolute Gasteiger partial charge is 0.251 e. The molecule has 1 aromatic rings. The molecule has 2 rings (SSSR count). The lowest BCUT2D eigenvalue weighted by Gasteiger charge is -2.19. The van der Waals surface area contributed by atoms with Crippen molar-refractivity contribution >= 4 is 5.91 Å². The van der Waals surface area contributed by atoms with E-state index in [9.17, 15) is 4.79 Å². The van der Waals surface area contributed by atoms with Gasteiger partial charge in [-0.2, -0.15) is 0 Å². The lowest BCUT2D eigenvalue weighted by atomic mass is 10.1. The standard InChI is InChI=1S/C15H22N2O/c1-12-5-7-13(8-6-12)15(18)16-10-9-14-4-3-11-17(14)2/h5-8,14H,3-4,9-11H2,1-2H3,(H,16,18). The molecule has 1 aliphatic rings. The number of carbonyl (C=O) groups excluding carboxylic acids is 1. The summed E-state index contributed by atoms with van der Waals surface area (Å²) < 4.78 is 0. The molecule has 1 heterocycles. The second kappa shape index (κ2) is 6.01. The van der Waals surface area contributed by atoms with Crippen molar-refractivity contribution in [2.24, 2.45) is 0 Å². The first kappa shape index (κ1) is 13.1. The van der Waals surface area contributed by atoms with Crippen molar-refractivity contribution in [1.29, 1.82) is 0 Å². The maximum absolute atomic E-state index is 11.9. The molecule has 98 valence electrons. The molecule has 0 saturated carbocycles. The van der Waals surface area contributed by atoms with Crippen LogP contribution in [0.2, 0.25) is 0 Å². The van der Waals surface area contributed by atoms with Crippen LogP contribution in [0, 0.1) is 6.92 Å². The first-order chi connectivity index (χ1) is 8.66. The van der Waals surface area contributed by atoms with Gasteiger partial charge >= 0.3 is 0 Å². The number of nitrogens with one attached hydrogen (secondary N) is 1. The lowest BCUT2D eigenvalue weighted by molar-refractivity contribution is 0.0950. The number of benzene rings is 1. The average Bonchev–Trinajstić information content (AvgIpc) is 2.76. The molecule has 1 aromatic carbocycles. The van der Waals surface area contributed by atoms with Crippen molar-refractivity contribution in [2.75, 3.05) is 20.1 Å². The Bertz CT molecular complexity index is 399. The van der Waals surface area contributed by atoms with Gasteiger partial charge in [0.25, 0.3) is 5.91 Å². The molecule has 0 spiro atoms. The third-order valence-electron chi connectivity index (χ3n) is 3.75. The minimum Gasteiger partial charge on any atom is -0.352 e. The van der Waals surface area contributed by atoms with Crippen LogP contribution in [0.1, 0.15) is 35.2 Å². The summed E-state index contributed by atoms with van der Waals surface area (Å²) in [7, 11) is 2.17. The number of nitrogens with zero attached hydrogens (tertiary/aromatic N) is 1. The Morgan fingerprint density at radius 1 is 1.39 bits per heavy atom. The van der Waals surface area contributed by atoms with Gasteiger partial charge < -0.3 is 10.2 Å². The minimum atomic E-state index is 0.0376. The summed E-state index contributed by atoms with van der Waals surface area (Å²) in [4.78, 5) is 14.3. The van der Waals surface area contributed by atoms with E-state index >= 15 is 0 Å². The van der Waals surface area contributed by atoms with Crippen LogP contribution >= 0.6 is 0 Å². The summed E-state index contributed by atoms with van der Waals surface area (Å²) in [6, 6.07) is 8.35. The molecule has 1 N–H and O–H groups in total. The SMILES string of the molecule is Cc1ccc(C(=O)NCCC2CCCN2C)cc1. The zero-order valence-corrected chi connectivity index (χ0v) is 11.3. The molecule has 0 radical (unpaired) electrons. The van der Waals surface area contributed by atoms with Gasteiger partial charge in [-0.3, -0.25) is 4.79 Å². The molecule has 1 unspecified atom stereocenters. The fraction of sp³-hybridized carbons (Fsp3) is 0.533.